The highest BCUT2D eigenvalue weighted by molar-refractivity contribution is 7.80. The fourth-order valence-electron chi connectivity index (χ4n) is 1.29. The van der Waals surface area contributed by atoms with Crippen LogP contribution in [-0.4, -0.2) is 22.9 Å². The fraction of sp³-hybridized carbons (Fsp3) is 0.364. The van der Waals surface area contributed by atoms with Gasteiger partial charge in [-0.2, -0.15) is 13.2 Å². The number of para-hydroxylation sites is 1. The van der Waals surface area contributed by atoms with Crippen LogP contribution in [0, 0.1) is 5.92 Å². The predicted octanol–water partition coefficient (Wildman–Crippen LogP) is 2.02. The smallest absolute Gasteiger partial charge is 0.401 e. The molecule has 100 valence electrons. The van der Waals surface area contributed by atoms with Gasteiger partial charge in [-0.25, -0.2) is 0 Å². The SMILES string of the molecule is NC(=S)C(COc1ccccc1CO)C(F)(F)F. The second-order valence-electron chi connectivity index (χ2n) is 3.57. The number of ether oxygens (including phenoxy) is 1. The Hall–Kier alpha value is -1.34. The number of nitrogens with two attached hydrogens (primary N) is 1. The van der Waals surface area contributed by atoms with Crippen molar-refractivity contribution in [3.8, 4) is 5.75 Å². The summed E-state index contributed by atoms with van der Waals surface area (Å²) in [4.78, 5) is -0.663. The van der Waals surface area contributed by atoms with Crippen molar-refractivity contribution < 1.29 is 23.0 Å². The van der Waals surface area contributed by atoms with Gasteiger partial charge in [0, 0.05) is 5.56 Å². The maximum absolute atomic E-state index is 12.6. The number of hydrogen-bond donors (Lipinski definition) is 2. The molecule has 1 rings (SSSR count). The van der Waals surface area contributed by atoms with E-state index < -0.39 is 23.7 Å². The Morgan fingerprint density at radius 3 is 2.50 bits per heavy atom. The zero-order valence-electron chi connectivity index (χ0n) is 9.28. The summed E-state index contributed by atoms with van der Waals surface area (Å²) in [6, 6.07) is 6.27. The summed E-state index contributed by atoms with van der Waals surface area (Å²) in [7, 11) is 0. The third-order valence-electron chi connectivity index (χ3n) is 2.29. The Kier molecular flexibility index (Phi) is 4.92. The quantitative estimate of drug-likeness (QED) is 0.810. The lowest BCUT2D eigenvalue weighted by Crippen LogP contribution is -2.38. The molecule has 0 fully saturated rings. The minimum atomic E-state index is -4.54. The number of benzene rings is 1. The molecule has 1 unspecified atom stereocenters. The van der Waals surface area contributed by atoms with Crippen LogP contribution in [-0.2, 0) is 6.61 Å². The summed E-state index contributed by atoms with van der Waals surface area (Å²) in [5, 5.41) is 9.00. The second kappa shape index (κ2) is 6.01. The Labute approximate surface area is 107 Å². The van der Waals surface area contributed by atoms with Crippen LogP contribution in [0.1, 0.15) is 5.56 Å². The molecule has 0 aliphatic carbocycles. The van der Waals surface area contributed by atoms with E-state index in [1.165, 1.54) is 6.07 Å². The third kappa shape index (κ3) is 3.85. The number of hydrogen-bond acceptors (Lipinski definition) is 3. The number of aliphatic hydroxyl groups excluding tert-OH is 1. The molecule has 3 nitrogen and oxygen atoms in total. The molecule has 18 heavy (non-hydrogen) atoms. The van der Waals surface area contributed by atoms with Crippen LogP contribution < -0.4 is 10.5 Å². The summed E-state index contributed by atoms with van der Waals surface area (Å²) >= 11 is 4.37. The standard InChI is InChI=1S/C11H12F3NO2S/c12-11(13,14)8(10(15)18)6-17-9-4-2-1-3-7(9)5-16/h1-4,8,16H,5-6H2,(H2,15,18). The highest BCUT2D eigenvalue weighted by Crippen LogP contribution is 2.28. The zero-order valence-corrected chi connectivity index (χ0v) is 10.1. The van der Waals surface area contributed by atoms with Crippen molar-refractivity contribution in [3.05, 3.63) is 29.8 Å². The predicted molar refractivity (Wildman–Crippen MR) is 64.2 cm³/mol. The molecule has 0 spiro atoms. The lowest BCUT2D eigenvalue weighted by atomic mass is 10.1. The lowest BCUT2D eigenvalue weighted by Gasteiger charge is -2.20. The molecule has 0 heterocycles. The van der Waals surface area contributed by atoms with Gasteiger partial charge in [0.25, 0.3) is 0 Å². The van der Waals surface area contributed by atoms with Crippen LogP contribution in [0.15, 0.2) is 24.3 Å². The summed E-state index contributed by atoms with van der Waals surface area (Å²) < 4.78 is 42.7. The molecule has 0 bridgehead atoms. The molecular weight excluding hydrogens is 267 g/mol. The normalized spacial score (nSPS) is 13.1. The van der Waals surface area contributed by atoms with Gasteiger partial charge in [-0.15, -0.1) is 0 Å². The first kappa shape index (κ1) is 14.7. The largest absolute Gasteiger partial charge is 0.492 e. The monoisotopic (exact) mass is 279 g/mol. The highest BCUT2D eigenvalue weighted by Gasteiger charge is 2.42. The van der Waals surface area contributed by atoms with E-state index in [0.29, 0.717) is 5.56 Å². The van der Waals surface area contributed by atoms with Crippen LogP contribution >= 0.6 is 12.2 Å². The van der Waals surface area contributed by atoms with Gasteiger partial charge in [-0.3, -0.25) is 0 Å². The molecule has 1 aromatic carbocycles. The molecule has 0 amide bonds. The number of aliphatic hydroxyl groups is 1. The van der Waals surface area contributed by atoms with E-state index in [9.17, 15) is 13.2 Å². The molecule has 0 aliphatic rings. The molecule has 0 aliphatic heterocycles. The highest BCUT2D eigenvalue weighted by atomic mass is 32.1. The van der Waals surface area contributed by atoms with Gasteiger partial charge in [0.1, 0.15) is 18.3 Å². The van der Waals surface area contributed by atoms with Gasteiger partial charge in [0.05, 0.1) is 11.6 Å². The average molecular weight is 279 g/mol. The van der Waals surface area contributed by atoms with Crippen LogP contribution in [0.2, 0.25) is 0 Å². The first-order chi connectivity index (χ1) is 8.36. The van der Waals surface area contributed by atoms with Gasteiger partial charge in [-0.1, -0.05) is 30.4 Å². The van der Waals surface area contributed by atoms with Crippen LogP contribution in [0.25, 0.3) is 0 Å². The maximum atomic E-state index is 12.6. The summed E-state index contributed by atoms with van der Waals surface area (Å²) in [5.41, 5.74) is 5.44. The van der Waals surface area contributed by atoms with Crippen molar-refractivity contribution in [1.29, 1.82) is 0 Å². The number of halogens is 3. The number of alkyl halides is 3. The van der Waals surface area contributed by atoms with Gasteiger partial charge in [0.2, 0.25) is 0 Å². The first-order valence-corrected chi connectivity index (χ1v) is 5.44. The Morgan fingerprint density at radius 1 is 1.39 bits per heavy atom. The molecule has 0 saturated carbocycles. The molecule has 0 saturated heterocycles. The van der Waals surface area contributed by atoms with E-state index in [0.717, 1.165) is 0 Å². The van der Waals surface area contributed by atoms with Crippen molar-refractivity contribution in [2.45, 2.75) is 12.8 Å². The van der Waals surface area contributed by atoms with E-state index in [1.807, 2.05) is 0 Å². The summed E-state index contributed by atoms with van der Waals surface area (Å²) in [5.74, 6) is -1.82. The van der Waals surface area contributed by atoms with Crippen LogP contribution in [0.5, 0.6) is 5.75 Å². The molecule has 1 aromatic rings. The van der Waals surface area contributed by atoms with Gasteiger partial charge < -0.3 is 15.6 Å². The summed E-state index contributed by atoms with van der Waals surface area (Å²) in [6.45, 7) is -1.02. The molecule has 0 radical (unpaired) electrons. The van der Waals surface area contributed by atoms with Crippen molar-refractivity contribution in [1.82, 2.24) is 0 Å². The van der Waals surface area contributed by atoms with E-state index in [1.54, 1.807) is 18.2 Å². The third-order valence-corrected chi connectivity index (χ3v) is 2.57. The van der Waals surface area contributed by atoms with Crippen molar-refractivity contribution in [2.75, 3.05) is 6.61 Å². The summed E-state index contributed by atoms with van der Waals surface area (Å²) in [6.07, 6.45) is -4.54. The van der Waals surface area contributed by atoms with Gasteiger partial charge in [-0.05, 0) is 6.07 Å². The average Bonchev–Trinajstić information content (AvgIpc) is 2.27. The second-order valence-corrected chi connectivity index (χ2v) is 4.04. The number of thiocarbonyl (C=S) groups is 1. The van der Waals surface area contributed by atoms with Crippen molar-refractivity contribution >= 4 is 17.2 Å². The minimum Gasteiger partial charge on any atom is -0.492 e. The Balaban J connectivity index is 2.77. The van der Waals surface area contributed by atoms with E-state index in [2.05, 4.69) is 12.2 Å². The molecule has 0 aromatic heterocycles. The topological polar surface area (TPSA) is 55.5 Å². The maximum Gasteiger partial charge on any atom is 0.401 e. The molecule has 7 heteroatoms. The van der Waals surface area contributed by atoms with Crippen LogP contribution in [0.4, 0.5) is 13.2 Å². The number of rotatable bonds is 5. The van der Waals surface area contributed by atoms with Gasteiger partial charge >= 0.3 is 6.18 Å². The van der Waals surface area contributed by atoms with Crippen LogP contribution in [0.3, 0.4) is 0 Å². The minimum absolute atomic E-state index is 0.186. The van der Waals surface area contributed by atoms with Gasteiger partial charge in [0.15, 0.2) is 0 Å². The Bertz CT molecular complexity index is 423. The fourth-order valence-corrected chi connectivity index (χ4v) is 1.49. The Morgan fingerprint density at radius 2 is 2.00 bits per heavy atom. The zero-order chi connectivity index (χ0) is 13.8. The van der Waals surface area contributed by atoms with E-state index in [-0.39, 0.29) is 12.4 Å². The molecule has 1 atom stereocenters. The van der Waals surface area contributed by atoms with E-state index >= 15 is 0 Å². The van der Waals surface area contributed by atoms with E-state index in [4.69, 9.17) is 15.6 Å². The molecular formula is C11H12F3NO2S. The molecule has 3 N–H and O–H groups in total. The first-order valence-electron chi connectivity index (χ1n) is 5.04. The van der Waals surface area contributed by atoms with Crippen molar-refractivity contribution in [2.24, 2.45) is 11.7 Å². The van der Waals surface area contributed by atoms with Crippen molar-refractivity contribution in [3.63, 3.8) is 0 Å². The lowest BCUT2D eigenvalue weighted by molar-refractivity contribution is -0.161.